The summed E-state index contributed by atoms with van der Waals surface area (Å²) in [5.41, 5.74) is 3.05. The van der Waals surface area contributed by atoms with Gasteiger partial charge in [0.1, 0.15) is 0 Å². The van der Waals surface area contributed by atoms with E-state index in [4.69, 9.17) is 4.52 Å². The van der Waals surface area contributed by atoms with Crippen molar-refractivity contribution < 1.29 is 12.9 Å². The van der Waals surface area contributed by atoms with Crippen molar-refractivity contribution in [2.45, 2.75) is 18.0 Å². The van der Waals surface area contributed by atoms with Crippen molar-refractivity contribution in [2.75, 3.05) is 6.54 Å². The zero-order valence-electron chi connectivity index (χ0n) is 15.5. The summed E-state index contributed by atoms with van der Waals surface area (Å²) in [6, 6.07) is 9.48. The lowest BCUT2D eigenvalue weighted by Crippen LogP contribution is -2.36. The molecule has 5 rings (SSSR count). The molecule has 0 saturated heterocycles. The van der Waals surface area contributed by atoms with Crippen LogP contribution in [0.5, 0.6) is 0 Å². The van der Waals surface area contributed by atoms with Crippen molar-refractivity contribution in [3.63, 3.8) is 0 Å². The van der Waals surface area contributed by atoms with Gasteiger partial charge in [-0.25, -0.2) is 13.4 Å². The van der Waals surface area contributed by atoms with Gasteiger partial charge in [-0.15, -0.1) is 0 Å². The van der Waals surface area contributed by atoms with Crippen molar-refractivity contribution >= 4 is 10.0 Å². The molecule has 0 radical (unpaired) electrons. The number of imidazole rings is 1. The van der Waals surface area contributed by atoms with E-state index in [9.17, 15) is 8.42 Å². The average molecular weight is 411 g/mol. The fourth-order valence-corrected chi connectivity index (χ4v) is 4.80. The minimum absolute atomic E-state index is 0.0653. The van der Waals surface area contributed by atoms with Crippen molar-refractivity contribution in [3.05, 3.63) is 54.1 Å². The highest BCUT2D eigenvalue weighted by atomic mass is 32.2. The number of rotatable bonds is 4. The van der Waals surface area contributed by atoms with Gasteiger partial charge in [0.25, 0.3) is 15.9 Å². The molecular weight excluding hydrogens is 394 g/mol. The highest BCUT2D eigenvalue weighted by molar-refractivity contribution is 7.89. The molecule has 4 heterocycles. The van der Waals surface area contributed by atoms with Crippen LogP contribution in [-0.2, 0) is 30.0 Å². The molecule has 1 aliphatic heterocycles. The lowest BCUT2D eigenvalue weighted by Gasteiger charge is -2.26. The molecule has 1 N–H and O–H groups in total. The van der Waals surface area contributed by atoms with Crippen LogP contribution in [0.4, 0.5) is 0 Å². The average Bonchev–Trinajstić information content (AvgIpc) is 3.49. The van der Waals surface area contributed by atoms with Gasteiger partial charge in [-0.05, 0) is 0 Å². The first-order chi connectivity index (χ1) is 14.0. The van der Waals surface area contributed by atoms with Crippen LogP contribution in [-0.4, -0.2) is 49.2 Å². The smallest absolute Gasteiger partial charge is 0.279 e. The van der Waals surface area contributed by atoms with Gasteiger partial charge in [-0.3, -0.25) is 4.68 Å². The molecule has 1 aliphatic rings. The van der Waals surface area contributed by atoms with E-state index in [1.807, 2.05) is 37.4 Å². The van der Waals surface area contributed by atoms with Gasteiger partial charge >= 0.3 is 0 Å². The molecule has 4 aromatic rings. The van der Waals surface area contributed by atoms with Gasteiger partial charge in [-0.1, -0.05) is 35.5 Å². The second-order valence-corrected chi connectivity index (χ2v) is 8.60. The van der Waals surface area contributed by atoms with Gasteiger partial charge in [0.15, 0.2) is 10.7 Å². The fourth-order valence-electron chi connectivity index (χ4n) is 3.49. The topological polar surface area (TPSA) is 123 Å². The lowest BCUT2D eigenvalue weighted by molar-refractivity contribution is 0.383. The van der Waals surface area contributed by atoms with E-state index < -0.39 is 10.0 Å². The van der Waals surface area contributed by atoms with Gasteiger partial charge < -0.3 is 9.51 Å². The number of nitrogens with zero attached hydrogens (tertiary/aromatic N) is 6. The lowest BCUT2D eigenvalue weighted by atomic mass is 10.1. The zero-order valence-corrected chi connectivity index (χ0v) is 16.3. The van der Waals surface area contributed by atoms with E-state index in [2.05, 4.69) is 25.2 Å². The molecule has 0 spiro atoms. The summed E-state index contributed by atoms with van der Waals surface area (Å²) in [6.07, 6.45) is 3.19. The first-order valence-corrected chi connectivity index (χ1v) is 10.4. The first kappa shape index (κ1) is 17.8. The predicted octanol–water partition coefficient (Wildman–Crippen LogP) is 1.61. The van der Waals surface area contributed by atoms with Crippen molar-refractivity contribution in [1.82, 2.24) is 34.2 Å². The van der Waals surface area contributed by atoms with Crippen LogP contribution in [0.1, 0.15) is 11.3 Å². The number of hydrogen-bond donors (Lipinski definition) is 1. The summed E-state index contributed by atoms with van der Waals surface area (Å²) < 4.78 is 34.4. The molecule has 148 valence electrons. The second kappa shape index (κ2) is 6.64. The third-order valence-electron chi connectivity index (χ3n) is 4.96. The third kappa shape index (κ3) is 2.95. The summed E-state index contributed by atoms with van der Waals surface area (Å²) in [5.74, 6) is 0.722. The first-order valence-electron chi connectivity index (χ1n) is 8.97. The number of hydrogen-bond acceptors (Lipinski definition) is 7. The number of sulfonamides is 1. The Morgan fingerprint density at radius 3 is 2.79 bits per heavy atom. The molecule has 0 bridgehead atoms. The van der Waals surface area contributed by atoms with Gasteiger partial charge in [0.2, 0.25) is 5.82 Å². The van der Waals surface area contributed by atoms with Crippen molar-refractivity contribution in [3.8, 4) is 23.0 Å². The summed E-state index contributed by atoms with van der Waals surface area (Å²) in [4.78, 5) is 11.0. The monoisotopic (exact) mass is 411 g/mol. The predicted molar refractivity (Wildman–Crippen MR) is 102 cm³/mol. The van der Waals surface area contributed by atoms with E-state index in [0.717, 1.165) is 16.8 Å². The summed E-state index contributed by atoms with van der Waals surface area (Å²) in [7, 11) is -1.85. The van der Waals surface area contributed by atoms with Gasteiger partial charge in [0.05, 0.1) is 12.5 Å². The minimum Gasteiger partial charge on any atom is -0.335 e. The standard InChI is InChI=1S/C18H17N7O3S/c1-24-14-7-8-25(29(26,27)15-9-19-11-20-15)10-13(14)16(22-24)18-21-17(23-28-18)12-5-3-2-4-6-12/h2-6,9,11H,7-8,10H2,1H3,(H,19,20). The molecule has 10 nitrogen and oxygen atoms in total. The van der Waals surface area contributed by atoms with Crippen LogP contribution < -0.4 is 0 Å². The van der Waals surface area contributed by atoms with Crippen molar-refractivity contribution in [2.24, 2.45) is 7.05 Å². The maximum absolute atomic E-state index is 12.9. The zero-order chi connectivity index (χ0) is 20.0. The maximum atomic E-state index is 12.9. The molecule has 0 fully saturated rings. The van der Waals surface area contributed by atoms with E-state index in [1.54, 1.807) is 4.68 Å². The van der Waals surface area contributed by atoms with Crippen molar-refractivity contribution in [1.29, 1.82) is 0 Å². The molecule has 0 saturated carbocycles. The Balaban J connectivity index is 1.52. The molecule has 29 heavy (non-hydrogen) atoms. The number of aromatic nitrogens is 6. The Morgan fingerprint density at radius 2 is 2.03 bits per heavy atom. The Morgan fingerprint density at radius 1 is 1.21 bits per heavy atom. The molecule has 0 atom stereocenters. The Kier molecular flexibility index (Phi) is 4.07. The number of fused-ring (bicyclic) bond motifs is 1. The Labute approximate surface area is 166 Å². The van der Waals surface area contributed by atoms with Crippen LogP contribution in [0.25, 0.3) is 23.0 Å². The summed E-state index contributed by atoms with van der Waals surface area (Å²) in [6.45, 7) is 0.523. The third-order valence-corrected chi connectivity index (χ3v) is 6.73. The summed E-state index contributed by atoms with van der Waals surface area (Å²) in [5, 5.41) is 8.64. The van der Waals surface area contributed by atoms with E-state index in [-0.39, 0.29) is 17.5 Å². The number of aryl methyl sites for hydroxylation is 1. The quantitative estimate of drug-likeness (QED) is 0.541. The molecule has 0 aliphatic carbocycles. The molecular formula is C18H17N7O3S. The van der Waals surface area contributed by atoms with Crippen LogP contribution in [0.3, 0.4) is 0 Å². The largest absolute Gasteiger partial charge is 0.335 e. The molecule has 3 aromatic heterocycles. The molecule has 11 heteroatoms. The maximum Gasteiger partial charge on any atom is 0.279 e. The molecule has 0 amide bonds. The highest BCUT2D eigenvalue weighted by Gasteiger charge is 2.34. The van der Waals surface area contributed by atoms with Gasteiger partial charge in [0, 0.05) is 43.4 Å². The van der Waals surface area contributed by atoms with E-state index in [1.165, 1.54) is 16.8 Å². The number of aromatic amines is 1. The van der Waals surface area contributed by atoms with Crippen LogP contribution >= 0.6 is 0 Å². The normalized spacial score (nSPS) is 14.8. The Hall–Kier alpha value is -3.31. The summed E-state index contributed by atoms with van der Waals surface area (Å²) >= 11 is 0. The minimum atomic E-state index is -3.68. The Bertz CT molecular complexity index is 1260. The molecule has 0 unspecified atom stereocenters. The number of H-pyrrole nitrogens is 1. The van der Waals surface area contributed by atoms with Gasteiger partial charge in [-0.2, -0.15) is 14.4 Å². The van der Waals surface area contributed by atoms with E-state index in [0.29, 0.717) is 24.5 Å². The molecule has 1 aromatic carbocycles. The van der Waals surface area contributed by atoms with E-state index >= 15 is 0 Å². The number of nitrogens with one attached hydrogen (secondary N) is 1. The van der Waals surface area contributed by atoms with Crippen LogP contribution in [0.2, 0.25) is 0 Å². The second-order valence-electron chi connectivity index (χ2n) is 6.69. The SMILES string of the molecule is Cn1nc(-c2nc(-c3ccccc3)no2)c2c1CCN(S(=O)(=O)c1cnc[nH]1)C2. The van der Waals surface area contributed by atoms with Crippen LogP contribution in [0, 0.1) is 0 Å². The highest BCUT2D eigenvalue weighted by Crippen LogP contribution is 2.32. The fraction of sp³-hybridized carbons (Fsp3) is 0.222. The van der Waals surface area contributed by atoms with Crippen LogP contribution in [0.15, 0.2) is 52.4 Å². The number of benzene rings is 1.